The minimum absolute atomic E-state index is 0.123. The lowest BCUT2D eigenvalue weighted by molar-refractivity contribution is -0.145. The topological polar surface area (TPSA) is 58.6 Å². The molecule has 2 atom stereocenters. The van der Waals surface area contributed by atoms with E-state index < -0.39 is 29.2 Å². The van der Waals surface area contributed by atoms with Gasteiger partial charge in [0.1, 0.15) is 11.4 Å². The molecule has 2 unspecified atom stereocenters. The number of benzene rings is 1. The molecule has 118 valence electrons. The van der Waals surface area contributed by atoms with Gasteiger partial charge in [0.25, 0.3) is 0 Å². The van der Waals surface area contributed by atoms with Crippen LogP contribution in [-0.2, 0) is 4.79 Å². The van der Waals surface area contributed by atoms with Crippen molar-refractivity contribution in [2.45, 2.75) is 45.3 Å². The van der Waals surface area contributed by atoms with Crippen molar-refractivity contribution in [3.8, 4) is 5.75 Å². The summed E-state index contributed by atoms with van der Waals surface area (Å²) in [5, 5.41) is 12.3. The Hall–Kier alpha value is -1.69. The van der Waals surface area contributed by atoms with Crippen molar-refractivity contribution in [3.63, 3.8) is 0 Å². The van der Waals surface area contributed by atoms with Crippen molar-refractivity contribution >= 4 is 5.97 Å². The highest BCUT2D eigenvalue weighted by Gasteiger charge is 2.34. The number of rotatable bonds is 8. The Bertz CT molecular complexity index is 496. The molecule has 21 heavy (non-hydrogen) atoms. The number of halogens is 2. The van der Waals surface area contributed by atoms with Crippen LogP contribution in [0.1, 0.15) is 33.6 Å². The van der Waals surface area contributed by atoms with Gasteiger partial charge in [0, 0.05) is 12.5 Å². The molecule has 0 bridgehead atoms. The molecule has 0 aliphatic heterocycles. The van der Waals surface area contributed by atoms with Crippen LogP contribution >= 0.6 is 0 Å². The molecular weight excluding hydrogens is 280 g/mol. The average molecular weight is 301 g/mol. The highest BCUT2D eigenvalue weighted by molar-refractivity contribution is 5.78. The zero-order valence-electron chi connectivity index (χ0n) is 12.5. The first kappa shape index (κ1) is 17.4. The normalized spacial score (nSPS) is 15.3. The third kappa shape index (κ3) is 4.97. The lowest BCUT2D eigenvalue weighted by Crippen LogP contribution is -2.52. The molecule has 0 aliphatic rings. The minimum atomic E-state index is -1.18. The van der Waals surface area contributed by atoms with E-state index in [4.69, 9.17) is 4.74 Å². The van der Waals surface area contributed by atoms with E-state index in [-0.39, 0.29) is 12.2 Å². The third-order valence-corrected chi connectivity index (χ3v) is 3.15. The van der Waals surface area contributed by atoms with E-state index in [0.29, 0.717) is 6.54 Å². The second kappa shape index (κ2) is 7.36. The van der Waals surface area contributed by atoms with E-state index >= 15 is 0 Å². The number of nitrogens with one attached hydrogen (secondary N) is 1. The molecule has 0 amide bonds. The Morgan fingerprint density at radius 2 is 2.14 bits per heavy atom. The summed E-state index contributed by atoms with van der Waals surface area (Å²) in [4.78, 5) is 11.4. The Kier molecular flexibility index (Phi) is 6.08. The van der Waals surface area contributed by atoms with Crippen LogP contribution in [0.3, 0.4) is 0 Å². The second-order valence-electron chi connectivity index (χ2n) is 5.27. The highest BCUT2D eigenvalue weighted by Crippen LogP contribution is 2.22. The third-order valence-electron chi connectivity index (χ3n) is 3.15. The van der Waals surface area contributed by atoms with E-state index in [9.17, 15) is 18.7 Å². The van der Waals surface area contributed by atoms with Gasteiger partial charge in [0.2, 0.25) is 0 Å². The summed E-state index contributed by atoms with van der Waals surface area (Å²) < 4.78 is 31.9. The van der Waals surface area contributed by atoms with Crippen LogP contribution in [0.4, 0.5) is 8.78 Å². The number of carboxylic acid groups (broad SMARTS) is 1. The largest absolute Gasteiger partial charge is 0.487 e. The van der Waals surface area contributed by atoms with Gasteiger partial charge < -0.3 is 15.2 Å². The number of ether oxygens (including phenoxy) is 1. The van der Waals surface area contributed by atoms with Gasteiger partial charge in [-0.15, -0.1) is 0 Å². The molecule has 0 radical (unpaired) electrons. The molecule has 4 nitrogen and oxygen atoms in total. The Labute approximate surface area is 123 Å². The Balaban J connectivity index is 2.76. The summed E-state index contributed by atoms with van der Waals surface area (Å²) in [5.74, 6) is -2.51. The summed E-state index contributed by atoms with van der Waals surface area (Å²) in [6, 6.07) is 2.92. The lowest BCUT2D eigenvalue weighted by Gasteiger charge is -2.29. The van der Waals surface area contributed by atoms with Gasteiger partial charge in [-0.05, 0) is 38.9 Å². The van der Waals surface area contributed by atoms with Crippen LogP contribution in [0.15, 0.2) is 18.2 Å². The molecule has 1 aromatic carbocycles. The number of hydrogen-bond donors (Lipinski definition) is 2. The zero-order valence-corrected chi connectivity index (χ0v) is 12.5. The predicted molar refractivity (Wildman–Crippen MR) is 75.4 cm³/mol. The molecule has 0 fully saturated rings. The summed E-state index contributed by atoms with van der Waals surface area (Å²) >= 11 is 0. The quantitative estimate of drug-likeness (QED) is 0.775. The number of carboxylic acids is 1. The van der Waals surface area contributed by atoms with Crippen LogP contribution < -0.4 is 10.1 Å². The zero-order chi connectivity index (χ0) is 16.0. The van der Waals surface area contributed by atoms with Crippen LogP contribution in [0.25, 0.3) is 0 Å². The van der Waals surface area contributed by atoms with Gasteiger partial charge in [-0.2, -0.15) is 0 Å². The molecule has 1 rings (SSSR count). The first-order chi connectivity index (χ1) is 9.78. The van der Waals surface area contributed by atoms with Gasteiger partial charge in [-0.25, -0.2) is 8.78 Å². The van der Waals surface area contributed by atoms with Crippen LogP contribution in [-0.4, -0.2) is 29.3 Å². The molecule has 2 N–H and O–H groups in total. The second-order valence-corrected chi connectivity index (χ2v) is 5.27. The van der Waals surface area contributed by atoms with Crippen molar-refractivity contribution in [1.29, 1.82) is 0 Å². The summed E-state index contributed by atoms with van der Waals surface area (Å²) in [5.41, 5.74) is -1.18. The lowest BCUT2D eigenvalue weighted by atomic mass is 9.94. The average Bonchev–Trinajstić information content (AvgIpc) is 2.40. The van der Waals surface area contributed by atoms with E-state index in [1.807, 2.05) is 6.92 Å². The number of carbonyl (C=O) groups is 1. The van der Waals surface area contributed by atoms with Crippen molar-refractivity contribution in [2.24, 2.45) is 0 Å². The Morgan fingerprint density at radius 1 is 1.48 bits per heavy atom. The SMILES string of the molecule is CCCNC(C)(CC(C)Oc1cc(F)ccc1F)C(=O)O. The molecule has 0 aromatic heterocycles. The first-order valence-electron chi connectivity index (χ1n) is 6.88. The maximum Gasteiger partial charge on any atom is 0.323 e. The smallest absolute Gasteiger partial charge is 0.323 e. The van der Waals surface area contributed by atoms with Gasteiger partial charge in [0.05, 0.1) is 6.10 Å². The van der Waals surface area contributed by atoms with Crippen molar-refractivity contribution in [3.05, 3.63) is 29.8 Å². The molecule has 1 aromatic rings. The standard InChI is InChI=1S/C15H21F2NO3/c1-4-7-18-15(3,14(19)20)9-10(2)21-13-8-11(16)5-6-12(13)17/h5-6,8,10,18H,4,7,9H2,1-3H3,(H,19,20). The summed E-state index contributed by atoms with van der Waals surface area (Å²) in [6.45, 7) is 5.65. The van der Waals surface area contributed by atoms with E-state index in [0.717, 1.165) is 24.6 Å². The van der Waals surface area contributed by atoms with Crippen molar-refractivity contribution in [1.82, 2.24) is 5.32 Å². The van der Waals surface area contributed by atoms with Crippen LogP contribution in [0.5, 0.6) is 5.75 Å². The molecule has 0 saturated carbocycles. The monoisotopic (exact) mass is 301 g/mol. The first-order valence-corrected chi connectivity index (χ1v) is 6.88. The summed E-state index contributed by atoms with van der Waals surface area (Å²) in [6.07, 6.45) is 0.321. The van der Waals surface area contributed by atoms with Gasteiger partial charge >= 0.3 is 5.97 Å². The van der Waals surface area contributed by atoms with Gasteiger partial charge in [-0.3, -0.25) is 4.79 Å². The fourth-order valence-corrected chi connectivity index (χ4v) is 2.04. The van der Waals surface area contributed by atoms with E-state index in [2.05, 4.69) is 5.32 Å². The number of hydrogen-bond acceptors (Lipinski definition) is 3. The molecule has 6 heteroatoms. The molecule has 0 saturated heterocycles. The molecule has 0 aliphatic carbocycles. The van der Waals surface area contributed by atoms with Crippen LogP contribution in [0, 0.1) is 11.6 Å². The van der Waals surface area contributed by atoms with E-state index in [1.54, 1.807) is 13.8 Å². The minimum Gasteiger partial charge on any atom is -0.487 e. The molecular formula is C15H21F2NO3. The fraction of sp³-hybridized carbons (Fsp3) is 0.533. The van der Waals surface area contributed by atoms with Crippen molar-refractivity contribution in [2.75, 3.05) is 6.54 Å². The highest BCUT2D eigenvalue weighted by atomic mass is 19.1. The van der Waals surface area contributed by atoms with Gasteiger partial charge in [-0.1, -0.05) is 6.92 Å². The Morgan fingerprint density at radius 3 is 2.71 bits per heavy atom. The maximum absolute atomic E-state index is 13.5. The van der Waals surface area contributed by atoms with Crippen LogP contribution in [0.2, 0.25) is 0 Å². The number of aliphatic carboxylic acids is 1. The molecule has 0 heterocycles. The molecule has 0 spiro atoms. The van der Waals surface area contributed by atoms with Crippen molar-refractivity contribution < 1.29 is 23.4 Å². The fourth-order valence-electron chi connectivity index (χ4n) is 2.04. The predicted octanol–water partition coefficient (Wildman–Crippen LogP) is 2.97. The van der Waals surface area contributed by atoms with E-state index in [1.165, 1.54) is 0 Å². The van der Waals surface area contributed by atoms with Gasteiger partial charge in [0.15, 0.2) is 11.6 Å². The summed E-state index contributed by atoms with van der Waals surface area (Å²) in [7, 11) is 0. The maximum atomic E-state index is 13.5.